The molecule has 0 amide bonds. The Morgan fingerprint density at radius 2 is 1.85 bits per heavy atom. The molecule has 3 fully saturated rings. The lowest BCUT2D eigenvalue weighted by molar-refractivity contribution is -0.0919. The van der Waals surface area contributed by atoms with Gasteiger partial charge in [-0.15, -0.1) is 0 Å². The zero-order valence-electron chi connectivity index (χ0n) is 14.5. The van der Waals surface area contributed by atoms with E-state index in [1.54, 1.807) is 41.2 Å². The first-order chi connectivity index (χ1) is 13.0. The van der Waals surface area contributed by atoms with Crippen molar-refractivity contribution in [3.8, 4) is 11.3 Å². The molecule has 6 rings (SSSR count). The monoisotopic (exact) mass is 364 g/mol. The highest BCUT2D eigenvalue weighted by atomic mass is 19.1. The molecule has 0 saturated heterocycles. The summed E-state index contributed by atoms with van der Waals surface area (Å²) in [5.41, 5.74) is 0.613. The minimum Gasteiger partial charge on any atom is -0.303 e. The van der Waals surface area contributed by atoms with Crippen LogP contribution in [0.25, 0.3) is 11.3 Å². The van der Waals surface area contributed by atoms with Gasteiger partial charge in [-0.2, -0.15) is 10.2 Å². The molecule has 3 saturated carbocycles. The first kappa shape index (κ1) is 16.1. The third-order valence-electron chi connectivity index (χ3n) is 5.75. The van der Waals surface area contributed by atoms with E-state index in [9.17, 15) is 14.0 Å². The number of benzene rings is 1. The third kappa shape index (κ3) is 2.53. The minimum absolute atomic E-state index is 0.105. The second-order valence-corrected chi connectivity index (χ2v) is 7.53. The van der Waals surface area contributed by atoms with E-state index in [4.69, 9.17) is 0 Å². The van der Waals surface area contributed by atoms with Crippen LogP contribution in [0.4, 0.5) is 4.39 Å². The predicted octanol–water partition coefficient (Wildman–Crippen LogP) is 2.16. The Balaban J connectivity index is 1.40. The number of aromatic nitrogens is 4. The van der Waals surface area contributed by atoms with Crippen molar-refractivity contribution in [2.24, 2.45) is 5.92 Å². The summed E-state index contributed by atoms with van der Waals surface area (Å²) in [7, 11) is 0. The smallest absolute Gasteiger partial charge is 0.303 e. The van der Waals surface area contributed by atoms with Crippen molar-refractivity contribution in [2.75, 3.05) is 0 Å². The molecule has 6 nitrogen and oxygen atoms in total. The van der Waals surface area contributed by atoms with E-state index in [1.165, 1.54) is 16.7 Å². The molecule has 0 atom stereocenters. The summed E-state index contributed by atoms with van der Waals surface area (Å²) in [6, 6.07) is 9.58. The summed E-state index contributed by atoms with van der Waals surface area (Å²) in [6.07, 6.45) is 6.37. The van der Waals surface area contributed by atoms with Gasteiger partial charge < -0.3 is 9.13 Å². The normalized spacial score (nSPS) is 22.8. The maximum atomic E-state index is 13.3. The Bertz CT molecular complexity index is 1130. The average molecular weight is 364 g/mol. The average Bonchev–Trinajstić information content (AvgIpc) is 2.59. The molecule has 0 spiro atoms. The van der Waals surface area contributed by atoms with Gasteiger partial charge in [-0.25, -0.2) is 4.39 Å². The lowest BCUT2D eigenvalue weighted by Crippen LogP contribution is -2.64. The van der Waals surface area contributed by atoms with Gasteiger partial charge >= 0.3 is 11.1 Å². The molecular formula is C20H17FN4O2. The highest BCUT2D eigenvalue weighted by Gasteiger charge is 2.58. The molecule has 3 aliphatic carbocycles. The van der Waals surface area contributed by atoms with Crippen molar-refractivity contribution >= 4 is 0 Å². The fourth-order valence-electron chi connectivity index (χ4n) is 4.15. The van der Waals surface area contributed by atoms with Crippen LogP contribution in [-0.2, 0) is 12.1 Å². The van der Waals surface area contributed by atoms with Crippen molar-refractivity contribution in [3.05, 3.63) is 81.0 Å². The van der Waals surface area contributed by atoms with E-state index >= 15 is 0 Å². The third-order valence-corrected chi connectivity index (χ3v) is 5.75. The van der Waals surface area contributed by atoms with Crippen LogP contribution in [0.2, 0.25) is 0 Å². The quantitative estimate of drug-likeness (QED) is 0.665. The van der Waals surface area contributed by atoms with Crippen molar-refractivity contribution in [2.45, 2.75) is 31.3 Å². The summed E-state index contributed by atoms with van der Waals surface area (Å²) >= 11 is 0. The number of hydrogen-bond donors (Lipinski definition) is 0. The van der Waals surface area contributed by atoms with Crippen molar-refractivity contribution in [3.63, 3.8) is 0 Å². The van der Waals surface area contributed by atoms with E-state index in [0.717, 1.165) is 25.2 Å². The molecule has 7 heteroatoms. The number of nitrogens with zero attached hydrogens (tertiary/aromatic N) is 4. The van der Waals surface area contributed by atoms with Gasteiger partial charge in [0.15, 0.2) is 0 Å². The van der Waals surface area contributed by atoms with Crippen molar-refractivity contribution in [1.82, 2.24) is 19.3 Å². The fourth-order valence-corrected chi connectivity index (χ4v) is 4.15. The molecule has 2 heterocycles. The Labute approximate surface area is 153 Å². The standard InChI is InChI=1S/C20H17FN4O2/c21-15-3-1-2-14(8-15)17-5-4-16(22-23-17)12-24-6-7-25(19(27)18(24)26)20-9-13(10-20)11-20/h1-8,13H,9-12H2. The first-order valence-electron chi connectivity index (χ1n) is 8.95. The van der Waals surface area contributed by atoms with Crippen molar-refractivity contribution in [1.29, 1.82) is 0 Å². The second kappa shape index (κ2) is 5.70. The predicted molar refractivity (Wildman–Crippen MR) is 96.8 cm³/mol. The van der Waals surface area contributed by atoms with Gasteiger partial charge in [-0.3, -0.25) is 9.59 Å². The molecular weight excluding hydrogens is 347 g/mol. The van der Waals surface area contributed by atoms with Gasteiger partial charge in [0.05, 0.1) is 17.9 Å². The molecule has 0 radical (unpaired) electrons. The maximum Gasteiger partial charge on any atom is 0.316 e. The van der Waals surface area contributed by atoms with Gasteiger partial charge in [0.25, 0.3) is 0 Å². The van der Waals surface area contributed by atoms with Gasteiger partial charge in [0, 0.05) is 23.5 Å². The van der Waals surface area contributed by atoms with E-state index in [0.29, 0.717) is 17.0 Å². The SMILES string of the molecule is O=c1c(=O)n(C23CC(C2)C3)ccn1Cc1ccc(-c2cccc(F)c2)nn1. The Hall–Kier alpha value is -3.09. The summed E-state index contributed by atoms with van der Waals surface area (Å²) in [5, 5.41) is 8.22. The topological polar surface area (TPSA) is 69.8 Å². The van der Waals surface area contributed by atoms with Crippen LogP contribution in [0.15, 0.2) is 58.4 Å². The van der Waals surface area contributed by atoms with E-state index in [2.05, 4.69) is 10.2 Å². The highest BCUT2D eigenvalue weighted by Crippen LogP contribution is 2.61. The van der Waals surface area contributed by atoms with Crippen LogP contribution in [0, 0.1) is 11.7 Å². The zero-order chi connectivity index (χ0) is 18.6. The van der Waals surface area contributed by atoms with Crippen LogP contribution >= 0.6 is 0 Å². The number of rotatable bonds is 4. The Morgan fingerprint density at radius 3 is 2.48 bits per heavy atom. The summed E-state index contributed by atoms with van der Waals surface area (Å²) in [6.45, 7) is 0.168. The summed E-state index contributed by atoms with van der Waals surface area (Å²) in [5.74, 6) is 0.389. The van der Waals surface area contributed by atoms with Crippen molar-refractivity contribution < 1.29 is 4.39 Å². The van der Waals surface area contributed by atoms with Crippen LogP contribution in [0.5, 0.6) is 0 Å². The van der Waals surface area contributed by atoms with Gasteiger partial charge in [-0.05, 0) is 49.4 Å². The summed E-state index contributed by atoms with van der Waals surface area (Å²) < 4.78 is 16.3. The van der Waals surface area contributed by atoms with Crippen LogP contribution in [0.1, 0.15) is 25.0 Å². The molecule has 1 aromatic carbocycles. The van der Waals surface area contributed by atoms with E-state index in [-0.39, 0.29) is 17.9 Å². The minimum atomic E-state index is -0.543. The number of halogens is 1. The van der Waals surface area contributed by atoms with Gasteiger partial charge in [0.2, 0.25) is 0 Å². The molecule has 27 heavy (non-hydrogen) atoms. The first-order valence-corrected chi connectivity index (χ1v) is 8.95. The molecule has 0 aliphatic heterocycles. The van der Waals surface area contributed by atoms with Crippen LogP contribution in [0.3, 0.4) is 0 Å². The Kier molecular flexibility index (Phi) is 3.40. The zero-order valence-corrected chi connectivity index (χ0v) is 14.5. The van der Waals surface area contributed by atoms with Crippen LogP contribution in [-0.4, -0.2) is 19.3 Å². The molecule has 0 N–H and O–H groups in total. The lowest BCUT2D eigenvalue weighted by atomic mass is 9.49. The molecule has 2 bridgehead atoms. The summed E-state index contributed by atoms with van der Waals surface area (Å²) in [4.78, 5) is 24.9. The highest BCUT2D eigenvalue weighted by molar-refractivity contribution is 5.58. The largest absolute Gasteiger partial charge is 0.316 e. The molecule has 3 aromatic rings. The molecule has 2 aromatic heterocycles. The van der Waals surface area contributed by atoms with E-state index in [1.807, 2.05) is 0 Å². The maximum absolute atomic E-state index is 13.3. The Morgan fingerprint density at radius 1 is 1.04 bits per heavy atom. The van der Waals surface area contributed by atoms with Gasteiger partial charge in [0.1, 0.15) is 5.82 Å². The lowest BCUT2D eigenvalue weighted by Gasteiger charge is -2.62. The van der Waals surface area contributed by atoms with E-state index < -0.39 is 11.1 Å². The van der Waals surface area contributed by atoms with Gasteiger partial charge in [-0.1, -0.05) is 12.1 Å². The molecule has 3 aliphatic rings. The van der Waals surface area contributed by atoms with Crippen LogP contribution < -0.4 is 11.1 Å². The fraction of sp³-hybridized carbons (Fsp3) is 0.300. The number of hydrogen-bond acceptors (Lipinski definition) is 4. The second-order valence-electron chi connectivity index (χ2n) is 7.53. The molecule has 136 valence electrons. The molecule has 0 unspecified atom stereocenters.